The van der Waals surface area contributed by atoms with Crippen molar-refractivity contribution < 1.29 is 9.90 Å². The molecule has 0 radical (unpaired) electrons. The van der Waals surface area contributed by atoms with E-state index in [-0.39, 0.29) is 5.56 Å². The van der Waals surface area contributed by atoms with Gasteiger partial charge in [-0.2, -0.15) is 0 Å². The quantitative estimate of drug-likeness (QED) is 0.803. The number of carbonyl (C=O) groups is 1. The fraction of sp³-hybridized carbons (Fsp3) is 0.333. The zero-order valence-electron chi connectivity index (χ0n) is 8.66. The van der Waals surface area contributed by atoms with E-state index in [1.54, 1.807) is 6.07 Å². The Kier molecular flexibility index (Phi) is 2.54. The van der Waals surface area contributed by atoms with Gasteiger partial charge in [0.2, 0.25) is 0 Å². The van der Waals surface area contributed by atoms with E-state index < -0.39 is 5.97 Å². The van der Waals surface area contributed by atoms with Gasteiger partial charge < -0.3 is 5.11 Å². The molecular weight excluding hydrogens is 190 g/mol. The molecule has 0 unspecified atom stereocenters. The van der Waals surface area contributed by atoms with Crippen LogP contribution in [0.15, 0.2) is 18.3 Å². The van der Waals surface area contributed by atoms with Gasteiger partial charge in [-0.3, -0.25) is 4.98 Å². The van der Waals surface area contributed by atoms with Crippen LogP contribution in [0.25, 0.3) is 5.57 Å². The molecule has 0 atom stereocenters. The summed E-state index contributed by atoms with van der Waals surface area (Å²) in [5, 5.41) is 8.81. The Balaban J connectivity index is 2.38. The number of hydrogen-bond donors (Lipinski definition) is 1. The second-order valence-corrected chi connectivity index (χ2v) is 3.82. The van der Waals surface area contributed by atoms with Crippen molar-refractivity contribution in [1.82, 2.24) is 4.98 Å². The van der Waals surface area contributed by atoms with Crippen LogP contribution in [0.4, 0.5) is 0 Å². The van der Waals surface area contributed by atoms with Gasteiger partial charge in [0.1, 0.15) is 0 Å². The van der Waals surface area contributed by atoms with Gasteiger partial charge in [0.25, 0.3) is 0 Å². The van der Waals surface area contributed by atoms with Gasteiger partial charge in [-0.1, -0.05) is 6.08 Å². The highest BCUT2D eigenvalue weighted by atomic mass is 16.4. The molecule has 2 rings (SSSR count). The molecular formula is C12H13NO2. The molecule has 15 heavy (non-hydrogen) atoms. The number of rotatable bonds is 2. The van der Waals surface area contributed by atoms with Crippen molar-refractivity contribution in [3.05, 3.63) is 35.2 Å². The molecule has 1 aromatic rings. The second-order valence-electron chi connectivity index (χ2n) is 3.82. The minimum Gasteiger partial charge on any atom is -0.478 e. The molecule has 1 aromatic heterocycles. The zero-order valence-corrected chi connectivity index (χ0v) is 8.66. The second kappa shape index (κ2) is 3.85. The largest absolute Gasteiger partial charge is 0.478 e. The van der Waals surface area contributed by atoms with Crippen LogP contribution in [0.1, 0.15) is 40.9 Å². The molecule has 3 nitrogen and oxygen atoms in total. The molecule has 78 valence electrons. The smallest absolute Gasteiger partial charge is 0.337 e. The molecule has 0 bridgehead atoms. The number of aromatic nitrogens is 1. The van der Waals surface area contributed by atoms with Crippen molar-refractivity contribution >= 4 is 11.5 Å². The van der Waals surface area contributed by atoms with Crippen molar-refractivity contribution in [2.24, 2.45) is 0 Å². The number of hydrogen-bond acceptors (Lipinski definition) is 2. The summed E-state index contributed by atoms with van der Waals surface area (Å²) >= 11 is 0. The Hall–Kier alpha value is -1.64. The minimum absolute atomic E-state index is 0.259. The third-order valence-electron chi connectivity index (χ3n) is 2.67. The summed E-state index contributed by atoms with van der Waals surface area (Å²) in [6.45, 7) is 1.91. The Labute approximate surface area is 88.5 Å². The average Bonchev–Trinajstić information content (AvgIpc) is 2.70. The van der Waals surface area contributed by atoms with Gasteiger partial charge in [0.15, 0.2) is 0 Å². The van der Waals surface area contributed by atoms with Crippen LogP contribution < -0.4 is 0 Å². The van der Waals surface area contributed by atoms with Gasteiger partial charge in [-0.15, -0.1) is 0 Å². The Morgan fingerprint density at radius 3 is 2.87 bits per heavy atom. The van der Waals surface area contributed by atoms with Gasteiger partial charge in [-0.25, -0.2) is 4.79 Å². The number of allylic oxidation sites excluding steroid dienone is 2. The summed E-state index contributed by atoms with van der Waals surface area (Å²) in [6, 6.07) is 1.68. The third-order valence-corrected chi connectivity index (χ3v) is 2.67. The highest BCUT2D eigenvalue weighted by Gasteiger charge is 2.12. The summed E-state index contributed by atoms with van der Waals surface area (Å²) in [5.41, 5.74) is 3.42. The zero-order chi connectivity index (χ0) is 10.8. The highest BCUT2D eigenvalue weighted by Crippen LogP contribution is 2.28. The lowest BCUT2D eigenvalue weighted by Crippen LogP contribution is -2.00. The summed E-state index contributed by atoms with van der Waals surface area (Å²) < 4.78 is 0. The molecule has 0 spiro atoms. The van der Waals surface area contributed by atoms with Crippen LogP contribution in [0.3, 0.4) is 0 Å². The summed E-state index contributed by atoms with van der Waals surface area (Å²) in [5.74, 6) is -0.919. The first-order valence-corrected chi connectivity index (χ1v) is 5.08. The van der Waals surface area contributed by atoms with E-state index in [1.807, 2.05) is 6.92 Å². The number of pyridine rings is 1. The van der Waals surface area contributed by atoms with Crippen molar-refractivity contribution in [3.8, 4) is 0 Å². The van der Waals surface area contributed by atoms with Crippen LogP contribution in [0.2, 0.25) is 0 Å². The Bertz CT molecular complexity index is 435. The molecule has 0 fully saturated rings. The normalized spacial score (nSPS) is 15.1. The lowest BCUT2D eigenvalue weighted by molar-refractivity contribution is 0.0696. The minimum atomic E-state index is -0.919. The highest BCUT2D eigenvalue weighted by molar-refractivity contribution is 5.87. The fourth-order valence-electron chi connectivity index (χ4n) is 1.91. The van der Waals surface area contributed by atoms with Gasteiger partial charge in [0, 0.05) is 6.20 Å². The molecule has 1 aliphatic carbocycles. The first kappa shape index (κ1) is 9.90. The number of nitrogens with zero attached hydrogens (tertiary/aromatic N) is 1. The monoisotopic (exact) mass is 203 g/mol. The van der Waals surface area contributed by atoms with E-state index in [1.165, 1.54) is 18.2 Å². The molecule has 0 aromatic carbocycles. The van der Waals surface area contributed by atoms with Crippen molar-refractivity contribution in [3.63, 3.8) is 0 Å². The first-order chi connectivity index (χ1) is 7.18. The maximum absolute atomic E-state index is 10.7. The summed E-state index contributed by atoms with van der Waals surface area (Å²) in [6.07, 6.45) is 6.97. The topological polar surface area (TPSA) is 50.2 Å². The van der Waals surface area contributed by atoms with Crippen molar-refractivity contribution in [2.75, 3.05) is 0 Å². The summed E-state index contributed by atoms with van der Waals surface area (Å²) in [4.78, 5) is 15.0. The van der Waals surface area contributed by atoms with Crippen molar-refractivity contribution in [2.45, 2.75) is 26.2 Å². The van der Waals surface area contributed by atoms with Crippen LogP contribution in [0, 0.1) is 6.92 Å². The maximum Gasteiger partial charge on any atom is 0.337 e. The lowest BCUT2D eigenvalue weighted by Gasteiger charge is -2.06. The van der Waals surface area contributed by atoms with Crippen LogP contribution in [-0.2, 0) is 0 Å². The van der Waals surface area contributed by atoms with E-state index in [0.29, 0.717) is 0 Å². The lowest BCUT2D eigenvalue weighted by atomic mass is 10.1. The Morgan fingerprint density at radius 2 is 2.33 bits per heavy atom. The van der Waals surface area contributed by atoms with E-state index in [4.69, 9.17) is 5.11 Å². The van der Waals surface area contributed by atoms with Crippen molar-refractivity contribution in [1.29, 1.82) is 0 Å². The molecule has 0 amide bonds. The van der Waals surface area contributed by atoms with Gasteiger partial charge >= 0.3 is 5.97 Å². The maximum atomic E-state index is 10.7. The molecule has 0 aliphatic heterocycles. The van der Waals surface area contributed by atoms with Gasteiger partial charge in [0.05, 0.1) is 11.3 Å². The number of carboxylic acid groups (broad SMARTS) is 1. The van der Waals surface area contributed by atoms with Crippen LogP contribution >= 0.6 is 0 Å². The molecule has 1 heterocycles. The van der Waals surface area contributed by atoms with Crippen LogP contribution in [0.5, 0.6) is 0 Å². The van der Waals surface area contributed by atoms with E-state index in [9.17, 15) is 4.79 Å². The van der Waals surface area contributed by atoms with E-state index >= 15 is 0 Å². The van der Waals surface area contributed by atoms with Gasteiger partial charge in [-0.05, 0) is 43.4 Å². The molecule has 1 N–H and O–H groups in total. The molecule has 0 saturated carbocycles. The molecule has 1 aliphatic rings. The van der Waals surface area contributed by atoms with Crippen LogP contribution in [-0.4, -0.2) is 16.1 Å². The predicted molar refractivity (Wildman–Crippen MR) is 57.8 cm³/mol. The van der Waals surface area contributed by atoms with E-state index in [2.05, 4.69) is 11.1 Å². The molecule has 0 saturated heterocycles. The third kappa shape index (κ3) is 1.91. The van der Waals surface area contributed by atoms with E-state index in [0.717, 1.165) is 24.1 Å². The standard InChI is InChI=1S/C12H13NO2/c1-8-6-10(12(14)15)7-13-11(8)9-4-2-3-5-9/h4,6-7H,2-3,5H2,1H3,(H,14,15). The molecule has 3 heteroatoms. The number of carboxylic acids is 1. The summed E-state index contributed by atoms with van der Waals surface area (Å²) in [7, 11) is 0. The number of aromatic carboxylic acids is 1. The SMILES string of the molecule is Cc1cc(C(=O)O)cnc1C1=CCCC1. The number of aryl methyl sites for hydroxylation is 1. The Morgan fingerprint density at radius 1 is 1.53 bits per heavy atom. The fourth-order valence-corrected chi connectivity index (χ4v) is 1.91. The first-order valence-electron chi connectivity index (χ1n) is 5.08. The predicted octanol–water partition coefficient (Wildman–Crippen LogP) is 2.66. The average molecular weight is 203 g/mol.